The lowest BCUT2D eigenvalue weighted by Crippen LogP contribution is -2.37. The molecule has 1 aliphatic carbocycles. The molecule has 1 amide bonds. The summed E-state index contributed by atoms with van der Waals surface area (Å²) in [6.07, 6.45) is 7.31. The van der Waals surface area contributed by atoms with Crippen LogP contribution in [0.5, 0.6) is 0 Å². The van der Waals surface area contributed by atoms with Crippen LogP contribution in [0.1, 0.15) is 61.5 Å². The average Bonchev–Trinajstić information content (AvgIpc) is 2.48. The molecule has 0 radical (unpaired) electrons. The molecule has 0 aliphatic heterocycles. The molecule has 4 heteroatoms. The van der Waals surface area contributed by atoms with Crippen LogP contribution in [0, 0.1) is 12.8 Å². The van der Waals surface area contributed by atoms with E-state index in [1.807, 2.05) is 26.1 Å². The van der Waals surface area contributed by atoms with Crippen LogP contribution in [0.3, 0.4) is 0 Å². The van der Waals surface area contributed by atoms with E-state index in [-0.39, 0.29) is 5.91 Å². The van der Waals surface area contributed by atoms with Gasteiger partial charge in [0.25, 0.3) is 5.91 Å². The third-order valence-corrected chi connectivity index (χ3v) is 4.35. The number of nitrogens with one attached hydrogen (secondary N) is 2. The summed E-state index contributed by atoms with van der Waals surface area (Å²) < 4.78 is 0. The number of hydrogen-bond acceptors (Lipinski definition) is 3. The molecule has 4 nitrogen and oxygen atoms in total. The molecule has 1 fully saturated rings. The maximum absolute atomic E-state index is 12.4. The van der Waals surface area contributed by atoms with Gasteiger partial charge < -0.3 is 10.6 Å². The van der Waals surface area contributed by atoms with Gasteiger partial charge in [0.05, 0.1) is 0 Å². The number of anilines is 1. The van der Waals surface area contributed by atoms with Crippen molar-refractivity contribution in [1.29, 1.82) is 0 Å². The van der Waals surface area contributed by atoms with Crippen molar-refractivity contribution in [3.05, 3.63) is 23.4 Å². The Hall–Kier alpha value is -1.58. The van der Waals surface area contributed by atoms with Crippen LogP contribution >= 0.6 is 0 Å². The Morgan fingerprint density at radius 1 is 1.29 bits per heavy atom. The lowest BCUT2D eigenvalue weighted by molar-refractivity contribution is 0.0921. The van der Waals surface area contributed by atoms with Gasteiger partial charge >= 0.3 is 0 Å². The fraction of sp³-hybridized carbons (Fsp3) is 0.647. The third kappa shape index (κ3) is 4.45. The normalized spacial score (nSPS) is 21.9. The minimum absolute atomic E-state index is 0.0240. The van der Waals surface area contributed by atoms with Gasteiger partial charge in [-0.05, 0) is 50.7 Å². The first-order valence-corrected chi connectivity index (χ1v) is 8.09. The monoisotopic (exact) mass is 289 g/mol. The van der Waals surface area contributed by atoms with Gasteiger partial charge in [0, 0.05) is 24.3 Å². The Bertz CT molecular complexity index is 479. The molecule has 2 rings (SSSR count). The van der Waals surface area contributed by atoms with Crippen LogP contribution in [-0.2, 0) is 0 Å². The molecule has 0 spiro atoms. The average molecular weight is 289 g/mol. The van der Waals surface area contributed by atoms with E-state index in [4.69, 9.17) is 0 Å². The zero-order valence-corrected chi connectivity index (χ0v) is 13.4. The van der Waals surface area contributed by atoms with E-state index in [0.29, 0.717) is 11.6 Å². The van der Waals surface area contributed by atoms with Gasteiger partial charge in [0.15, 0.2) is 0 Å². The summed E-state index contributed by atoms with van der Waals surface area (Å²) in [6, 6.07) is 3.99. The van der Waals surface area contributed by atoms with Crippen molar-refractivity contribution in [3.8, 4) is 0 Å². The molecule has 0 bridgehead atoms. The van der Waals surface area contributed by atoms with Crippen LogP contribution in [0.15, 0.2) is 12.1 Å². The molecule has 21 heavy (non-hydrogen) atoms. The highest BCUT2D eigenvalue weighted by Crippen LogP contribution is 2.27. The molecule has 1 aromatic heterocycles. The number of hydrogen-bond donors (Lipinski definition) is 2. The lowest BCUT2D eigenvalue weighted by Gasteiger charge is -2.29. The quantitative estimate of drug-likeness (QED) is 0.872. The van der Waals surface area contributed by atoms with Crippen LogP contribution in [0.25, 0.3) is 0 Å². The fourth-order valence-electron chi connectivity index (χ4n) is 3.20. The van der Waals surface area contributed by atoms with Crippen molar-refractivity contribution in [2.24, 2.45) is 5.92 Å². The SMILES string of the molecule is CCCC1CCC(NC(=O)c2cc(C)nc(NC)c2)CC1. The molecular formula is C17H27N3O. The molecular weight excluding hydrogens is 262 g/mol. The Morgan fingerprint density at radius 2 is 2.00 bits per heavy atom. The van der Waals surface area contributed by atoms with Crippen LogP contribution in [-0.4, -0.2) is 24.0 Å². The Morgan fingerprint density at radius 3 is 2.62 bits per heavy atom. The molecule has 0 aromatic carbocycles. The van der Waals surface area contributed by atoms with Crippen molar-refractivity contribution < 1.29 is 4.79 Å². The molecule has 0 saturated heterocycles. The summed E-state index contributed by atoms with van der Waals surface area (Å²) in [5.41, 5.74) is 1.56. The topological polar surface area (TPSA) is 54.0 Å². The van der Waals surface area contributed by atoms with E-state index in [1.54, 1.807) is 0 Å². The molecule has 1 saturated carbocycles. The highest BCUT2D eigenvalue weighted by molar-refractivity contribution is 5.95. The van der Waals surface area contributed by atoms with Crippen molar-refractivity contribution in [2.75, 3.05) is 12.4 Å². The standard InChI is InChI=1S/C17H27N3O/c1-4-5-13-6-8-15(9-7-13)20-17(21)14-10-12(2)19-16(11-14)18-3/h10-11,13,15H,4-9H2,1-3H3,(H,18,19)(H,20,21). The predicted octanol–water partition coefficient (Wildman–Crippen LogP) is 3.52. The van der Waals surface area contributed by atoms with Gasteiger partial charge in [0.1, 0.15) is 5.82 Å². The predicted molar refractivity (Wildman–Crippen MR) is 86.6 cm³/mol. The smallest absolute Gasteiger partial charge is 0.251 e. The summed E-state index contributed by atoms with van der Waals surface area (Å²) in [5, 5.41) is 6.18. The van der Waals surface area contributed by atoms with Crippen molar-refractivity contribution >= 4 is 11.7 Å². The van der Waals surface area contributed by atoms with Crippen molar-refractivity contribution in [2.45, 2.75) is 58.4 Å². The largest absolute Gasteiger partial charge is 0.373 e. The molecule has 1 aromatic rings. The summed E-state index contributed by atoms with van der Waals surface area (Å²) in [4.78, 5) is 16.7. The fourth-order valence-corrected chi connectivity index (χ4v) is 3.20. The minimum atomic E-state index is 0.0240. The maximum Gasteiger partial charge on any atom is 0.251 e. The second-order valence-electron chi connectivity index (χ2n) is 6.11. The molecule has 1 heterocycles. The van der Waals surface area contributed by atoms with Gasteiger partial charge in [-0.3, -0.25) is 4.79 Å². The Balaban J connectivity index is 1.92. The second-order valence-corrected chi connectivity index (χ2v) is 6.11. The number of aryl methyl sites for hydroxylation is 1. The number of amides is 1. The number of aromatic nitrogens is 1. The van der Waals surface area contributed by atoms with Gasteiger partial charge in [-0.2, -0.15) is 0 Å². The lowest BCUT2D eigenvalue weighted by atomic mass is 9.83. The number of pyridine rings is 1. The second kappa shape index (κ2) is 7.43. The van der Waals surface area contributed by atoms with Gasteiger partial charge in [0.2, 0.25) is 0 Å². The summed E-state index contributed by atoms with van der Waals surface area (Å²) >= 11 is 0. The zero-order chi connectivity index (χ0) is 15.2. The maximum atomic E-state index is 12.4. The number of carbonyl (C=O) groups excluding carboxylic acids is 1. The van der Waals surface area contributed by atoms with Crippen molar-refractivity contribution in [3.63, 3.8) is 0 Å². The van der Waals surface area contributed by atoms with Gasteiger partial charge in [-0.25, -0.2) is 4.98 Å². The van der Waals surface area contributed by atoms with E-state index < -0.39 is 0 Å². The Kier molecular flexibility index (Phi) is 5.59. The first kappa shape index (κ1) is 15.8. The molecule has 0 atom stereocenters. The molecule has 1 aliphatic rings. The number of carbonyl (C=O) groups is 1. The highest BCUT2D eigenvalue weighted by atomic mass is 16.1. The zero-order valence-electron chi connectivity index (χ0n) is 13.4. The van der Waals surface area contributed by atoms with Crippen LogP contribution in [0.2, 0.25) is 0 Å². The van der Waals surface area contributed by atoms with E-state index in [0.717, 1.165) is 30.3 Å². The first-order valence-electron chi connectivity index (χ1n) is 8.09. The van der Waals surface area contributed by atoms with Gasteiger partial charge in [-0.15, -0.1) is 0 Å². The Labute approximate surface area is 127 Å². The van der Waals surface area contributed by atoms with Crippen molar-refractivity contribution in [1.82, 2.24) is 10.3 Å². The summed E-state index contributed by atoms with van der Waals surface area (Å²) in [6.45, 7) is 4.16. The van der Waals surface area contributed by atoms with E-state index >= 15 is 0 Å². The third-order valence-electron chi connectivity index (χ3n) is 4.35. The highest BCUT2D eigenvalue weighted by Gasteiger charge is 2.22. The minimum Gasteiger partial charge on any atom is -0.373 e. The first-order chi connectivity index (χ1) is 10.1. The summed E-state index contributed by atoms with van der Waals surface area (Å²) in [7, 11) is 1.82. The molecule has 116 valence electrons. The summed E-state index contributed by atoms with van der Waals surface area (Å²) in [5.74, 6) is 1.63. The van der Waals surface area contributed by atoms with E-state index in [1.165, 1.54) is 25.7 Å². The number of nitrogens with zero attached hydrogens (tertiary/aromatic N) is 1. The molecule has 0 unspecified atom stereocenters. The number of rotatable bonds is 5. The molecule has 2 N–H and O–H groups in total. The van der Waals surface area contributed by atoms with Crippen LogP contribution < -0.4 is 10.6 Å². The van der Waals surface area contributed by atoms with Crippen LogP contribution in [0.4, 0.5) is 5.82 Å². The van der Waals surface area contributed by atoms with Gasteiger partial charge in [-0.1, -0.05) is 19.8 Å². The van der Waals surface area contributed by atoms with E-state index in [9.17, 15) is 4.79 Å². The van der Waals surface area contributed by atoms with E-state index in [2.05, 4.69) is 22.5 Å².